The lowest BCUT2D eigenvalue weighted by Crippen LogP contribution is -2.03. The summed E-state index contributed by atoms with van der Waals surface area (Å²) in [7, 11) is 0. The second kappa shape index (κ2) is 11.5. The quantitative estimate of drug-likeness (QED) is 0.185. The topological polar surface area (TPSA) is 75.7 Å². The van der Waals surface area contributed by atoms with Gasteiger partial charge in [-0.3, -0.25) is 0 Å². The molecule has 0 saturated heterocycles. The SMILES string of the molecule is N=C/C=C(/c1nc(-c2ccccc2)nc(-c2ccccc2)n1)c1coc2cc(-c3cccc4c3sc3ccc5ccccc5c34)ccc12. The highest BCUT2D eigenvalue weighted by molar-refractivity contribution is 7.26. The van der Waals surface area contributed by atoms with Gasteiger partial charge < -0.3 is 9.83 Å². The second-order valence-corrected chi connectivity index (χ2v) is 12.6. The number of rotatable bonds is 6. The molecule has 9 aromatic rings. The van der Waals surface area contributed by atoms with Crippen LogP contribution in [0.4, 0.5) is 0 Å². The van der Waals surface area contributed by atoms with Crippen molar-refractivity contribution < 1.29 is 4.42 Å². The van der Waals surface area contributed by atoms with Gasteiger partial charge in [0.1, 0.15) is 5.58 Å². The molecule has 3 aromatic heterocycles. The monoisotopic (exact) mass is 634 g/mol. The average Bonchev–Trinajstić information content (AvgIpc) is 3.76. The molecule has 0 aliphatic rings. The first-order valence-corrected chi connectivity index (χ1v) is 16.5. The van der Waals surface area contributed by atoms with Crippen LogP contribution in [0.25, 0.3) is 81.4 Å². The van der Waals surface area contributed by atoms with E-state index in [-0.39, 0.29) is 0 Å². The predicted octanol–water partition coefficient (Wildman–Crippen LogP) is 11.2. The number of hydrogen-bond donors (Lipinski definition) is 1. The Hall–Kier alpha value is -6.24. The van der Waals surface area contributed by atoms with Gasteiger partial charge in [-0.1, -0.05) is 115 Å². The Morgan fingerprint density at radius 1 is 0.625 bits per heavy atom. The van der Waals surface area contributed by atoms with E-state index in [1.54, 1.807) is 12.3 Å². The number of hydrogen-bond acceptors (Lipinski definition) is 6. The highest BCUT2D eigenvalue weighted by Crippen LogP contribution is 2.43. The molecule has 0 unspecified atom stereocenters. The molecule has 0 amide bonds. The Bertz CT molecular complexity index is 2630. The van der Waals surface area contributed by atoms with Crippen molar-refractivity contribution in [3.8, 4) is 33.9 Å². The van der Waals surface area contributed by atoms with Gasteiger partial charge in [-0.05, 0) is 46.2 Å². The number of benzene rings is 6. The van der Waals surface area contributed by atoms with Crippen LogP contribution in [0.2, 0.25) is 0 Å². The fourth-order valence-electron chi connectivity index (χ4n) is 6.50. The van der Waals surface area contributed by atoms with Gasteiger partial charge in [0.25, 0.3) is 0 Å². The van der Waals surface area contributed by atoms with E-state index in [1.807, 2.05) is 72.0 Å². The van der Waals surface area contributed by atoms with E-state index in [2.05, 4.69) is 72.8 Å². The van der Waals surface area contributed by atoms with Crippen molar-refractivity contribution in [1.29, 1.82) is 5.41 Å². The first-order chi connectivity index (χ1) is 23.7. The molecule has 0 aliphatic heterocycles. The van der Waals surface area contributed by atoms with E-state index in [0.29, 0.717) is 23.0 Å². The standard InChI is InChI=1S/C42H26N4OS/c43-23-22-33(42-45-40(27-11-3-1-4-12-27)44-41(46-42)28-13-5-2-6-14-28)35-25-47-36-24-29(18-20-32(35)36)31-16-9-17-34-38-30-15-8-7-10-26(30)19-21-37(38)48-39(31)34/h1-25,43H/b33-22+,43-23?. The van der Waals surface area contributed by atoms with Gasteiger partial charge in [0.2, 0.25) is 0 Å². The lowest BCUT2D eigenvalue weighted by atomic mass is 9.98. The summed E-state index contributed by atoms with van der Waals surface area (Å²) in [6.07, 6.45) is 4.73. The van der Waals surface area contributed by atoms with Crippen molar-refractivity contribution in [3.63, 3.8) is 0 Å². The Kier molecular flexibility index (Phi) is 6.73. The molecule has 0 spiro atoms. The summed E-state index contributed by atoms with van der Waals surface area (Å²) in [5.74, 6) is 1.60. The summed E-state index contributed by atoms with van der Waals surface area (Å²) in [6, 6.07) is 45.7. The van der Waals surface area contributed by atoms with Crippen LogP contribution in [-0.4, -0.2) is 21.2 Å². The van der Waals surface area contributed by atoms with Crippen LogP contribution in [0.15, 0.2) is 150 Å². The van der Waals surface area contributed by atoms with Crippen LogP contribution in [0.3, 0.4) is 0 Å². The number of fused-ring (bicyclic) bond motifs is 6. The fourth-order valence-corrected chi connectivity index (χ4v) is 7.75. The predicted molar refractivity (Wildman–Crippen MR) is 199 cm³/mol. The van der Waals surface area contributed by atoms with Crippen molar-refractivity contribution in [2.75, 3.05) is 0 Å². The summed E-state index contributed by atoms with van der Waals surface area (Å²) in [5.41, 5.74) is 6.28. The highest BCUT2D eigenvalue weighted by Gasteiger charge is 2.20. The van der Waals surface area contributed by atoms with Gasteiger partial charge in [-0.25, -0.2) is 15.0 Å². The second-order valence-electron chi connectivity index (χ2n) is 11.6. The molecule has 0 atom stereocenters. The highest BCUT2D eigenvalue weighted by atomic mass is 32.1. The van der Waals surface area contributed by atoms with E-state index in [1.165, 1.54) is 42.7 Å². The van der Waals surface area contributed by atoms with Gasteiger partial charge in [0.05, 0.1) is 6.26 Å². The van der Waals surface area contributed by atoms with Gasteiger partial charge in [-0.2, -0.15) is 0 Å². The Morgan fingerprint density at radius 3 is 2.08 bits per heavy atom. The fraction of sp³-hybridized carbons (Fsp3) is 0. The molecule has 9 rings (SSSR count). The molecule has 0 bridgehead atoms. The molecule has 0 aliphatic carbocycles. The van der Waals surface area contributed by atoms with Gasteiger partial charge in [0, 0.05) is 54.0 Å². The molecule has 6 heteroatoms. The third-order valence-corrected chi connectivity index (χ3v) is 9.96. The van der Waals surface area contributed by atoms with E-state index >= 15 is 0 Å². The number of nitrogens with one attached hydrogen (secondary N) is 1. The summed E-state index contributed by atoms with van der Waals surface area (Å²) < 4.78 is 8.77. The molecule has 226 valence electrons. The lowest BCUT2D eigenvalue weighted by Gasteiger charge is -2.10. The first kappa shape index (κ1) is 28.0. The number of furan rings is 1. The summed E-state index contributed by atoms with van der Waals surface area (Å²) in [4.78, 5) is 14.7. The minimum absolute atomic E-state index is 0.472. The number of thiophene rings is 1. The van der Waals surface area contributed by atoms with Crippen LogP contribution < -0.4 is 0 Å². The van der Waals surface area contributed by atoms with Gasteiger partial charge >= 0.3 is 0 Å². The molecular weight excluding hydrogens is 609 g/mol. The van der Waals surface area contributed by atoms with Crippen LogP contribution in [-0.2, 0) is 0 Å². The summed E-state index contributed by atoms with van der Waals surface area (Å²) >= 11 is 1.83. The van der Waals surface area contributed by atoms with Crippen molar-refractivity contribution in [2.45, 2.75) is 0 Å². The third-order valence-electron chi connectivity index (χ3n) is 8.75. The average molecular weight is 635 g/mol. The molecule has 3 heterocycles. The zero-order valence-corrected chi connectivity index (χ0v) is 26.4. The number of nitrogens with zero attached hydrogens (tertiary/aromatic N) is 3. The third kappa shape index (κ3) is 4.70. The maximum atomic E-state index is 8.05. The molecular formula is C42H26N4OS. The normalized spacial score (nSPS) is 12.0. The summed E-state index contributed by atoms with van der Waals surface area (Å²) in [5, 5.41) is 14.1. The largest absolute Gasteiger partial charge is 0.464 e. The zero-order valence-electron chi connectivity index (χ0n) is 25.6. The van der Waals surface area contributed by atoms with Crippen molar-refractivity contribution >= 4 is 65.0 Å². The molecule has 0 radical (unpaired) electrons. The zero-order chi connectivity index (χ0) is 32.0. The smallest absolute Gasteiger partial charge is 0.164 e. The number of aromatic nitrogens is 3. The van der Waals surface area contributed by atoms with E-state index in [9.17, 15) is 0 Å². The Labute approximate surface area is 280 Å². The molecule has 48 heavy (non-hydrogen) atoms. The van der Waals surface area contributed by atoms with Crippen LogP contribution >= 0.6 is 11.3 Å². The van der Waals surface area contributed by atoms with E-state index in [4.69, 9.17) is 24.8 Å². The first-order valence-electron chi connectivity index (χ1n) is 15.7. The van der Waals surface area contributed by atoms with Crippen LogP contribution in [0.1, 0.15) is 11.4 Å². The van der Waals surface area contributed by atoms with Gasteiger partial charge in [-0.15, -0.1) is 11.3 Å². The molecule has 5 nitrogen and oxygen atoms in total. The summed E-state index contributed by atoms with van der Waals surface area (Å²) in [6.45, 7) is 0. The van der Waals surface area contributed by atoms with Crippen LogP contribution in [0.5, 0.6) is 0 Å². The minimum atomic E-state index is 0.472. The lowest BCUT2D eigenvalue weighted by molar-refractivity contribution is 0.615. The van der Waals surface area contributed by atoms with E-state index in [0.717, 1.165) is 33.2 Å². The van der Waals surface area contributed by atoms with Crippen LogP contribution in [0, 0.1) is 5.41 Å². The Morgan fingerprint density at radius 2 is 1.33 bits per heavy atom. The van der Waals surface area contributed by atoms with E-state index < -0.39 is 0 Å². The van der Waals surface area contributed by atoms with Gasteiger partial charge in [0.15, 0.2) is 17.5 Å². The molecule has 0 fully saturated rings. The van der Waals surface area contributed by atoms with Crippen molar-refractivity contribution in [1.82, 2.24) is 15.0 Å². The van der Waals surface area contributed by atoms with Crippen molar-refractivity contribution in [2.24, 2.45) is 0 Å². The maximum Gasteiger partial charge on any atom is 0.164 e. The Balaban J connectivity index is 1.18. The molecule has 0 saturated carbocycles. The molecule has 1 N–H and O–H groups in total. The maximum absolute atomic E-state index is 8.05. The minimum Gasteiger partial charge on any atom is -0.464 e. The molecule has 6 aromatic carbocycles. The number of allylic oxidation sites excluding steroid dienone is 1. The van der Waals surface area contributed by atoms with Crippen molar-refractivity contribution in [3.05, 3.63) is 157 Å².